The van der Waals surface area contributed by atoms with Gasteiger partial charge in [-0.1, -0.05) is 6.92 Å². The van der Waals surface area contributed by atoms with E-state index in [4.69, 9.17) is 0 Å². The molecule has 1 N–H and O–H groups in total. The summed E-state index contributed by atoms with van der Waals surface area (Å²) >= 11 is 4.01. The van der Waals surface area contributed by atoms with Crippen LogP contribution in [0.4, 0.5) is 0 Å². The number of rotatable bonds is 4. The van der Waals surface area contributed by atoms with Crippen molar-refractivity contribution in [2.45, 2.75) is 32.4 Å². The van der Waals surface area contributed by atoms with Crippen LogP contribution in [0.25, 0.3) is 0 Å². The summed E-state index contributed by atoms with van der Waals surface area (Å²) in [6.45, 7) is 3.28. The van der Waals surface area contributed by atoms with Gasteiger partial charge >= 0.3 is 0 Å². The lowest BCUT2D eigenvalue weighted by molar-refractivity contribution is 0.561. The largest absolute Gasteiger partial charge is 0.308 e. The Morgan fingerprint density at radius 2 is 2.29 bits per heavy atom. The highest BCUT2D eigenvalue weighted by Crippen LogP contribution is 2.20. The van der Waals surface area contributed by atoms with Gasteiger partial charge in [0.1, 0.15) is 0 Å². The van der Waals surface area contributed by atoms with Gasteiger partial charge in [-0.15, -0.1) is 11.3 Å². The molecule has 2 rings (SSSR count). The van der Waals surface area contributed by atoms with Crippen molar-refractivity contribution in [3.63, 3.8) is 0 Å². The van der Waals surface area contributed by atoms with Gasteiger partial charge in [0.25, 0.3) is 0 Å². The fourth-order valence-electron chi connectivity index (χ4n) is 1.65. The highest BCUT2D eigenvalue weighted by Gasteiger charge is 2.14. The lowest BCUT2D eigenvalue weighted by atomic mass is 10.2. The fraction of sp³-hybridized carbons (Fsp3) is 0.636. The van der Waals surface area contributed by atoms with Gasteiger partial charge in [-0.2, -0.15) is 11.8 Å². The molecular formula is C11H17NS2. The van der Waals surface area contributed by atoms with E-state index in [1.54, 1.807) is 0 Å². The molecule has 0 amide bonds. The highest BCUT2D eigenvalue weighted by atomic mass is 32.2. The van der Waals surface area contributed by atoms with E-state index in [1.165, 1.54) is 34.1 Å². The quantitative estimate of drug-likeness (QED) is 0.849. The van der Waals surface area contributed by atoms with Crippen LogP contribution < -0.4 is 5.32 Å². The first kappa shape index (κ1) is 10.5. The van der Waals surface area contributed by atoms with Crippen molar-refractivity contribution in [2.24, 2.45) is 0 Å². The standard InChI is InChI=1S/C11H17NS2/c1-2-10-3-4-11(14-10)7-12-9-5-6-13-8-9/h3-4,9,12H,2,5-8H2,1H3. The molecule has 1 aliphatic heterocycles. The van der Waals surface area contributed by atoms with Gasteiger partial charge < -0.3 is 5.32 Å². The summed E-state index contributed by atoms with van der Waals surface area (Å²) in [5, 5.41) is 3.62. The Morgan fingerprint density at radius 1 is 1.43 bits per heavy atom. The molecular weight excluding hydrogens is 210 g/mol. The lowest BCUT2D eigenvalue weighted by Gasteiger charge is -2.09. The number of thiophene rings is 1. The van der Waals surface area contributed by atoms with Crippen molar-refractivity contribution in [1.82, 2.24) is 5.32 Å². The molecule has 3 heteroatoms. The Hall–Kier alpha value is 0.01000. The van der Waals surface area contributed by atoms with E-state index in [2.05, 4.69) is 36.1 Å². The van der Waals surface area contributed by atoms with Crippen molar-refractivity contribution in [3.05, 3.63) is 21.9 Å². The Labute approximate surface area is 94.3 Å². The van der Waals surface area contributed by atoms with Crippen molar-refractivity contribution in [1.29, 1.82) is 0 Å². The monoisotopic (exact) mass is 227 g/mol. The molecule has 0 aromatic carbocycles. The summed E-state index contributed by atoms with van der Waals surface area (Å²) in [4.78, 5) is 2.99. The molecule has 78 valence electrons. The number of thioether (sulfide) groups is 1. The molecule has 14 heavy (non-hydrogen) atoms. The molecule has 1 fully saturated rings. The zero-order valence-electron chi connectivity index (χ0n) is 8.58. The first-order valence-electron chi connectivity index (χ1n) is 5.27. The third-order valence-electron chi connectivity index (χ3n) is 2.56. The van der Waals surface area contributed by atoms with Crippen LogP contribution in [0.5, 0.6) is 0 Å². The van der Waals surface area contributed by atoms with Crippen LogP contribution in [0.3, 0.4) is 0 Å². The molecule has 1 unspecified atom stereocenters. The molecule has 0 radical (unpaired) electrons. The number of hydrogen-bond donors (Lipinski definition) is 1. The van der Waals surface area contributed by atoms with Crippen molar-refractivity contribution in [2.75, 3.05) is 11.5 Å². The zero-order valence-corrected chi connectivity index (χ0v) is 10.2. The predicted molar refractivity (Wildman–Crippen MR) is 66.3 cm³/mol. The third-order valence-corrected chi connectivity index (χ3v) is 4.95. The second-order valence-corrected chi connectivity index (χ2v) is 6.07. The predicted octanol–water partition coefficient (Wildman–Crippen LogP) is 2.91. The van der Waals surface area contributed by atoms with Gasteiger partial charge in [0.05, 0.1) is 0 Å². The topological polar surface area (TPSA) is 12.0 Å². The van der Waals surface area contributed by atoms with Crippen LogP contribution in [-0.4, -0.2) is 17.5 Å². The normalized spacial score (nSPS) is 21.6. The summed E-state index contributed by atoms with van der Waals surface area (Å²) in [5.41, 5.74) is 0. The van der Waals surface area contributed by atoms with Crippen molar-refractivity contribution in [3.8, 4) is 0 Å². The molecule has 1 aromatic rings. The van der Waals surface area contributed by atoms with Gasteiger partial charge in [0.15, 0.2) is 0 Å². The van der Waals surface area contributed by atoms with Crippen LogP contribution in [0.15, 0.2) is 12.1 Å². The number of hydrogen-bond acceptors (Lipinski definition) is 3. The van der Waals surface area contributed by atoms with Gasteiger partial charge in [-0.05, 0) is 30.7 Å². The molecule has 1 atom stereocenters. The fourth-order valence-corrected chi connectivity index (χ4v) is 3.74. The maximum absolute atomic E-state index is 3.62. The van der Waals surface area contributed by atoms with Crippen LogP contribution in [0.1, 0.15) is 23.1 Å². The Kier molecular flexibility index (Phi) is 3.90. The average Bonchev–Trinajstić information content (AvgIpc) is 2.86. The second-order valence-electron chi connectivity index (χ2n) is 3.66. The van der Waals surface area contributed by atoms with E-state index >= 15 is 0 Å². The summed E-state index contributed by atoms with van der Waals surface area (Å²) < 4.78 is 0. The lowest BCUT2D eigenvalue weighted by Crippen LogP contribution is -2.27. The highest BCUT2D eigenvalue weighted by molar-refractivity contribution is 7.99. The van der Waals surface area contributed by atoms with Gasteiger partial charge in [-0.3, -0.25) is 0 Å². The maximum atomic E-state index is 3.62. The second kappa shape index (κ2) is 5.19. The first-order valence-corrected chi connectivity index (χ1v) is 7.24. The molecule has 0 bridgehead atoms. The molecule has 0 aliphatic carbocycles. The van der Waals surface area contributed by atoms with E-state index in [9.17, 15) is 0 Å². The average molecular weight is 227 g/mol. The smallest absolute Gasteiger partial charge is 0.0302 e. The molecule has 2 heterocycles. The van der Waals surface area contributed by atoms with E-state index in [0.29, 0.717) is 0 Å². The van der Waals surface area contributed by atoms with E-state index in [-0.39, 0.29) is 0 Å². The van der Waals surface area contributed by atoms with Crippen molar-refractivity contribution >= 4 is 23.1 Å². The van der Waals surface area contributed by atoms with E-state index in [1.807, 2.05) is 11.3 Å². The van der Waals surface area contributed by atoms with Crippen LogP contribution in [-0.2, 0) is 13.0 Å². The van der Waals surface area contributed by atoms with Gasteiger partial charge in [0.2, 0.25) is 0 Å². The molecule has 1 saturated heterocycles. The molecule has 0 spiro atoms. The van der Waals surface area contributed by atoms with Crippen molar-refractivity contribution < 1.29 is 0 Å². The van der Waals surface area contributed by atoms with Gasteiger partial charge in [-0.25, -0.2) is 0 Å². The molecule has 1 nitrogen and oxygen atoms in total. The van der Waals surface area contributed by atoms with Crippen LogP contribution in [0, 0.1) is 0 Å². The molecule has 0 saturated carbocycles. The third kappa shape index (κ3) is 2.75. The maximum Gasteiger partial charge on any atom is 0.0302 e. The van der Waals surface area contributed by atoms with Crippen LogP contribution in [0.2, 0.25) is 0 Å². The SMILES string of the molecule is CCc1ccc(CNC2CCSC2)s1. The molecule has 1 aliphatic rings. The summed E-state index contributed by atoms with van der Waals surface area (Å²) in [6.07, 6.45) is 2.51. The van der Waals surface area contributed by atoms with E-state index in [0.717, 1.165) is 12.6 Å². The summed E-state index contributed by atoms with van der Waals surface area (Å²) in [6, 6.07) is 5.27. The zero-order chi connectivity index (χ0) is 9.80. The Bertz CT molecular complexity index is 277. The van der Waals surface area contributed by atoms with Crippen LogP contribution >= 0.6 is 23.1 Å². The number of aryl methyl sites for hydroxylation is 1. The minimum atomic E-state index is 0.757. The van der Waals surface area contributed by atoms with E-state index < -0.39 is 0 Å². The summed E-state index contributed by atoms with van der Waals surface area (Å²) in [5.74, 6) is 2.63. The van der Waals surface area contributed by atoms with Gasteiger partial charge in [0, 0.05) is 28.1 Å². The molecule has 1 aromatic heterocycles. The summed E-state index contributed by atoms with van der Waals surface area (Å²) in [7, 11) is 0. The number of nitrogens with one attached hydrogen (secondary N) is 1. The minimum absolute atomic E-state index is 0.757. The minimum Gasteiger partial charge on any atom is -0.308 e. The first-order chi connectivity index (χ1) is 6.88. The Morgan fingerprint density at radius 3 is 2.93 bits per heavy atom. The Balaban J connectivity index is 1.79.